The highest BCUT2D eigenvalue weighted by Crippen LogP contribution is 2.27. The summed E-state index contributed by atoms with van der Waals surface area (Å²) in [6, 6.07) is 2.88. The van der Waals surface area contributed by atoms with E-state index in [0.717, 1.165) is 18.7 Å². The van der Waals surface area contributed by atoms with Gasteiger partial charge >= 0.3 is 0 Å². The van der Waals surface area contributed by atoms with E-state index < -0.39 is 23.6 Å². The molecule has 1 unspecified atom stereocenters. The van der Waals surface area contributed by atoms with Crippen molar-refractivity contribution in [1.82, 2.24) is 25.1 Å². The topological polar surface area (TPSA) is 79.3 Å². The minimum atomic E-state index is -0.972. The summed E-state index contributed by atoms with van der Waals surface area (Å²) in [5.41, 5.74) is 1.27. The molecule has 2 N–H and O–H groups in total. The Bertz CT molecular complexity index is 957. The second-order valence-corrected chi connectivity index (χ2v) is 8.02. The molecule has 0 saturated heterocycles. The van der Waals surface area contributed by atoms with Gasteiger partial charge in [-0.05, 0) is 37.6 Å². The highest BCUT2D eigenvalue weighted by atomic mass is 19.2. The lowest BCUT2D eigenvalue weighted by atomic mass is 10.0. The molecule has 3 rings (SSSR count). The average Bonchev–Trinajstić information content (AvgIpc) is 3.07. The van der Waals surface area contributed by atoms with Crippen molar-refractivity contribution >= 4 is 11.8 Å². The number of imidazole rings is 1. The number of nitrogens with one attached hydrogen (secondary N) is 2. The number of amides is 2. The lowest BCUT2D eigenvalue weighted by molar-refractivity contribution is -0.122. The third kappa shape index (κ3) is 4.51. The van der Waals surface area contributed by atoms with Crippen LogP contribution in [0.25, 0.3) is 11.4 Å². The summed E-state index contributed by atoms with van der Waals surface area (Å²) in [4.78, 5) is 31.8. The zero-order chi connectivity index (χ0) is 22.0. The van der Waals surface area contributed by atoms with Crippen molar-refractivity contribution < 1.29 is 18.4 Å². The maximum Gasteiger partial charge on any atom is 0.272 e. The minimum Gasteiger partial charge on any atom is -0.357 e. The first kappa shape index (κ1) is 21.9. The number of benzene rings is 1. The molecular formula is C21H27F2N5O2. The van der Waals surface area contributed by atoms with Crippen LogP contribution in [-0.4, -0.2) is 52.9 Å². The molecule has 30 heavy (non-hydrogen) atoms. The van der Waals surface area contributed by atoms with Gasteiger partial charge in [0.2, 0.25) is 5.91 Å². The maximum absolute atomic E-state index is 13.8. The summed E-state index contributed by atoms with van der Waals surface area (Å²) in [6.45, 7) is 5.71. The number of halogens is 2. The number of nitrogens with zero attached hydrogens (tertiary/aromatic N) is 3. The van der Waals surface area contributed by atoms with E-state index >= 15 is 0 Å². The molecule has 2 aromatic rings. The molecule has 0 radical (unpaired) electrons. The van der Waals surface area contributed by atoms with Crippen LogP contribution in [0.15, 0.2) is 18.2 Å². The Balaban J connectivity index is 1.99. The van der Waals surface area contributed by atoms with Gasteiger partial charge < -0.3 is 15.2 Å². The van der Waals surface area contributed by atoms with Gasteiger partial charge in [0.05, 0.1) is 5.69 Å². The van der Waals surface area contributed by atoms with Gasteiger partial charge in [0.1, 0.15) is 11.9 Å². The molecule has 2 heterocycles. The van der Waals surface area contributed by atoms with Gasteiger partial charge in [-0.2, -0.15) is 0 Å². The molecule has 2 amide bonds. The van der Waals surface area contributed by atoms with Gasteiger partial charge in [-0.1, -0.05) is 13.8 Å². The van der Waals surface area contributed by atoms with Crippen LogP contribution in [0.3, 0.4) is 0 Å². The monoisotopic (exact) mass is 419 g/mol. The maximum atomic E-state index is 13.8. The van der Waals surface area contributed by atoms with Crippen LogP contribution < -0.4 is 10.6 Å². The smallest absolute Gasteiger partial charge is 0.272 e. The van der Waals surface area contributed by atoms with Crippen molar-refractivity contribution in [1.29, 1.82) is 0 Å². The number of hydrogen-bond acceptors (Lipinski definition) is 4. The standard InChI is InChI=1S/C21H27F2N5O2/c1-12(2)9-16(20(29)24-3)25-21(30)18-17-11-27(4)7-8-28(17)19(26-18)13-5-6-14(22)15(23)10-13/h5-6,10,12,16H,7-9,11H2,1-4H3,(H,24,29)(H,25,30). The Morgan fingerprint density at radius 1 is 1.20 bits per heavy atom. The number of likely N-dealkylation sites (N-methyl/N-ethyl adjacent to an activating group) is 2. The SMILES string of the molecule is CNC(=O)C(CC(C)C)NC(=O)c1nc(-c2ccc(F)c(F)c2)n2c1CN(C)CC2. The molecule has 7 nitrogen and oxygen atoms in total. The van der Waals surface area contributed by atoms with E-state index in [0.29, 0.717) is 36.6 Å². The third-order valence-electron chi connectivity index (χ3n) is 5.17. The van der Waals surface area contributed by atoms with Gasteiger partial charge in [-0.25, -0.2) is 13.8 Å². The van der Waals surface area contributed by atoms with Crippen LogP contribution in [0, 0.1) is 17.6 Å². The molecule has 0 fully saturated rings. The largest absolute Gasteiger partial charge is 0.357 e. The van der Waals surface area contributed by atoms with E-state index in [9.17, 15) is 18.4 Å². The molecule has 1 aliphatic heterocycles. The molecule has 1 atom stereocenters. The van der Waals surface area contributed by atoms with Crippen molar-refractivity contribution in [3.8, 4) is 11.4 Å². The summed E-state index contributed by atoms with van der Waals surface area (Å²) in [6.07, 6.45) is 0.484. The highest BCUT2D eigenvalue weighted by Gasteiger charge is 2.29. The van der Waals surface area contributed by atoms with E-state index in [-0.39, 0.29) is 17.5 Å². The summed E-state index contributed by atoms with van der Waals surface area (Å²) in [5.74, 6) is -2.04. The Morgan fingerprint density at radius 3 is 2.57 bits per heavy atom. The molecule has 9 heteroatoms. The number of carbonyl (C=O) groups excluding carboxylic acids is 2. The van der Waals surface area contributed by atoms with Crippen LogP contribution in [0.2, 0.25) is 0 Å². The fourth-order valence-electron chi connectivity index (χ4n) is 3.63. The number of fused-ring (bicyclic) bond motifs is 1. The Kier molecular flexibility index (Phi) is 6.50. The summed E-state index contributed by atoms with van der Waals surface area (Å²) in [5, 5.41) is 5.36. The average molecular weight is 419 g/mol. The van der Waals surface area contributed by atoms with Crippen molar-refractivity contribution in [3.05, 3.63) is 41.2 Å². The molecule has 0 spiro atoms. The van der Waals surface area contributed by atoms with E-state index in [1.807, 2.05) is 30.4 Å². The second-order valence-electron chi connectivity index (χ2n) is 8.02. The van der Waals surface area contributed by atoms with Crippen LogP contribution in [0.1, 0.15) is 36.5 Å². The van der Waals surface area contributed by atoms with Crippen molar-refractivity contribution in [2.45, 2.75) is 39.4 Å². The van der Waals surface area contributed by atoms with Gasteiger partial charge in [0.15, 0.2) is 17.3 Å². The van der Waals surface area contributed by atoms with Gasteiger partial charge in [-0.15, -0.1) is 0 Å². The third-order valence-corrected chi connectivity index (χ3v) is 5.17. The van der Waals surface area contributed by atoms with Gasteiger partial charge in [0.25, 0.3) is 5.91 Å². The van der Waals surface area contributed by atoms with Crippen molar-refractivity contribution in [3.63, 3.8) is 0 Å². The molecule has 0 saturated carbocycles. The number of carbonyl (C=O) groups is 2. The van der Waals surface area contributed by atoms with Crippen molar-refractivity contribution in [2.75, 3.05) is 20.6 Å². The fourth-order valence-corrected chi connectivity index (χ4v) is 3.63. The predicted octanol–water partition coefficient (Wildman–Crippen LogP) is 2.16. The quantitative estimate of drug-likeness (QED) is 0.752. The zero-order valence-electron chi connectivity index (χ0n) is 17.6. The van der Waals surface area contributed by atoms with Crippen molar-refractivity contribution in [2.24, 2.45) is 5.92 Å². The summed E-state index contributed by atoms with van der Waals surface area (Å²) >= 11 is 0. The van der Waals surface area contributed by atoms with E-state index in [1.165, 1.54) is 13.1 Å². The Hall–Kier alpha value is -2.81. The number of aromatic nitrogens is 2. The lowest BCUT2D eigenvalue weighted by Crippen LogP contribution is -2.46. The van der Waals surface area contributed by atoms with Crippen LogP contribution in [0.4, 0.5) is 8.78 Å². The van der Waals surface area contributed by atoms with Crippen LogP contribution in [0.5, 0.6) is 0 Å². The summed E-state index contributed by atoms with van der Waals surface area (Å²) < 4.78 is 29.0. The lowest BCUT2D eigenvalue weighted by Gasteiger charge is -2.26. The molecular weight excluding hydrogens is 392 g/mol. The molecule has 0 bridgehead atoms. The molecule has 1 aromatic heterocycles. The first-order valence-electron chi connectivity index (χ1n) is 9.97. The molecule has 1 aromatic carbocycles. The van der Waals surface area contributed by atoms with E-state index in [4.69, 9.17) is 0 Å². The van der Waals surface area contributed by atoms with E-state index in [1.54, 1.807) is 0 Å². The zero-order valence-corrected chi connectivity index (χ0v) is 17.6. The minimum absolute atomic E-state index is 0.193. The molecule has 162 valence electrons. The number of rotatable bonds is 6. The first-order chi connectivity index (χ1) is 14.2. The summed E-state index contributed by atoms with van der Waals surface area (Å²) in [7, 11) is 3.46. The highest BCUT2D eigenvalue weighted by molar-refractivity contribution is 5.97. The van der Waals surface area contributed by atoms with E-state index in [2.05, 4.69) is 15.6 Å². The van der Waals surface area contributed by atoms with Crippen LogP contribution in [-0.2, 0) is 17.9 Å². The second kappa shape index (κ2) is 8.91. The fraction of sp³-hybridized carbons (Fsp3) is 0.476. The Labute approximate surface area is 174 Å². The Morgan fingerprint density at radius 2 is 1.93 bits per heavy atom. The molecule has 1 aliphatic rings. The normalized spacial score (nSPS) is 15.0. The van der Waals surface area contributed by atoms with Gasteiger partial charge in [-0.3, -0.25) is 14.5 Å². The van der Waals surface area contributed by atoms with Crippen LogP contribution >= 0.6 is 0 Å². The van der Waals surface area contributed by atoms with Gasteiger partial charge in [0, 0.05) is 32.2 Å². The first-order valence-corrected chi connectivity index (χ1v) is 9.97. The molecule has 0 aliphatic carbocycles. The predicted molar refractivity (Wildman–Crippen MR) is 109 cm³/mol. The number of hydrogen-bond donors (Lipinski definition) is 2.